The Morgan fingerprint density at radius 1 is 0.957 bits per heavy atom. The van der Waals surface area contributed by atoms with Crippen LogP contribution in [0.3, 0.4) is 0 Å². The van der Waals surface area contributed by atoms with Crippen molar-refractivity contribution in [1.82, 2.24) is 9.80 Å². The third-order valence-corrected chi connectivity index (χ3v) is 8.29. The number of carbonyl (C=O) groups excluding carboxylic acids is 3. The zero-order valence-electron chi connectivity index (χ0n) is 27.1. The summed E-state index contributed by atoms with van der Waals surface area (Å²) in [4.78, 5) is 43.0. The number of para-hydroxylation sites is 3. The third kappa shape index (κ3) is 9.55. The number of hydrogen-bond acceptors (Lipinski definition) is 7. The molecule has 0 aliphatic carbocycles. The van der Waals surface area contributed by atoms with Gasteiger partial charge in [0.05, 0.1) is 35.3 Å². The largest absolute Gasteiger partial charge is 0.486 e. The summed E-state index contributed by atoms with van der Waals surface area (Å²) in [5.41, 5.74) is 8.99. The van der Waals surface area contributed by atoms with Crippen LogP contribution >= 0.6 is 0 Å². The van der Waals surface area contributed by atoms with E-state index in [0.717, 1.165) is 6.54 Å². The zero-order valence-corrected chi connectivity index (χ0v) is 27.1. The number of nitrogens with zero attached hydrogens (tertiary/aromatic N) is 2. The molecule has 3 amide bonds. The SMILES string of the molecule is C[C@H](CO)N1C[C@H](C)[C@@H](CN(C)Cc2ccccc2)Oc2c(NC(=O)CCCCCC(=O)Nc3ccccc3N)cccc2C1=O. The Labute approximate surface area is 271 Å². The van der Waals surface area contributed by atoms with E-state index in [9.17, 15) is 19.5 Å². The lowest BCUT2D eigenvalue weighted by Crippen LogP contribution is -2.49. The van der Waals surface area contributed by atoms with E-state index in [4.69, 9.17) is 10.5 Å². The van der Waals surface area contributed by atoms with Gasteiger partial charge in [0, 0.05) is 38.4 Å². The maximum absolute atomic E-state index is 13.7. The molecule has 1 heterocycles. The quantitative estimate of drug-likeness (QED) is 0.143. The van der Waals surface area contributed by atoms with Crippen LogP contribution in [-0.2, 0) is 16.1 Å². The molecule has 0 fully saturated rings. The Hall–Kier alpha value is -4.41. The Balaban J connectivity index is 1.41. The van der Waals surface area contributed by atoms with E-state index < -0.39 is 0 Å². The standard InChI is InChI=1S/C36H47N5O5/c1-25-21-41(26(2)24-42)36(45)28-15-12-18-31(35(28)46-32(25)23-40(3)22-27-13-6-4-7-14-27)39-34(44)20-9-5-8-19-33(43)38-30-17-11-10-16-29(30)37/h4,6-7,10-18,25-26,32,42H,5,8-9,19-24,37H2,1-3H3,(H,38,43)(H,39,44)/t25-,26+,32+/m0/s1. The molecule has 246 valence electrons. The van der Waals surface area contributed by atoms with Crippen LogP contribution in [0.5, 0.6) is 5.75 Å². The molecule has 0 radical (unpaired) electrons. The number of ether oxygens (including phenoxy) is 1. The van der Waals surface area contributed by atoms with Crippen molar-refractivity contribution in [2.45, 2.75) is 64.6 Å². The van der Waals surface area contributed by atoms with Crippen molar-refractivity contribution in [3.8, 4) is 5.75 Å². The van der Waals surface area contributed by atoms with Gasteiger partial charge in [0.1, 0.15) is 6.10 Å². The average Bonchev–Trinajstić information content (AvgIpc) is 3.04. The van der Waals surface area contributed by atoms with Gasteiger partial charge in [0.2, 0.25) is 11.8 Å². The normalized spacial score (nSPS) is 17.0. The number of aliphatic hydroxyl groups excluding tert-OH is 1. The van der Waals surface area contributed by atoms with Gasteiger partial charge in [0.25, 0.3) is 5.91 Å². The zero-order chi connectivity index (χ0) is 33.1. The number of anilines is 3. The number of benzene rings is 3. The molecule has 4 rings (SSSR count). The van der Waals surface area contributed by atoms with Crippen LogP contribution in [0, 0.1) is 5.92 Å². The smallest absolute Gasteiger partial charge is 0.258 e. The third-order valence-electron chi connectivity index (χ3n) is 8.29. The number of aliphatic hydroxyl groups is 1. The first-order valence-corrected chi connectivity index (χ1v) is 16.0. The van der Waals surface area contributed by atoms with Crippen molar-refractivity contribution in [1.29, 1.82) is 0 Å². The highest BCUT2D eigenvalue weighted by molar-refractivity contribution is 6.01. The van der Waals surface area contributed by atoms with E-state index in [1.54, 1.807) is 35.2 Å². The number of carbonyl (C=O) groups is 3. The number of unbranched alkanes of at least 4 members (excludes halogenated alkanes) is 2. The summed E-state index contributed by atoms with van der Waals surface area (Å²) in [7, 11) is 2.04. The maximum atomic E-state index is 13.7. The minimum Gasteiger partial charge on any atom is -0.486 e. The molecule has 3 atom stereocenters. The molecule has 0 spiro atoms. The first-order valence-electron chi connectivity index (χ1n) is 16.0. The number of nitrogens with two attached hydrogens (primary N) is 1. The summed E-state index contributed by atoms with van der Waals surface area (Å²) in [5.74, 6) is -0.263. The number of amides is 3. The summed E-state index contributed by atoms with van der Waals surface area (Å²) in [6, 6.07) is 22.1. The van der Waals surface area contributed by atoms with Gasteiger partial charge in [-0.1, -0.05) is 61.9 Å². The predicted molar refractivity (Wildman–Crippen MR) is 182 cm³/mol. The molecule has 0 saturated carbocycles. The maximum Gasteiger partial charge on any atom is 0.258 e. The Morgan fingerprint density at radius 2 is 1.59 bits per heavy atom. The molecular formula is C36H47N5O5. The van der Waals surface area contributed by atoms with E-state index in [1.807, 2.05) is 51.2 Å². The molecule has 0 aromatic heterocycles. The van der Waals surface area contributed by atoms with Crippen molar-refractivity contribution >= 4 is 34.8 Å². The average molecular weight is 630 g/mol. The van der Waals surface area contributed by atoms with E-state index in [1.165, 1.54) is 5.56 Å². The highest BCUT2D eigenvalue weighted by Gasteiger charge is 2.34. The predicted octanol–water partition coefficient (Wildman–Crippen LogP) is 5.15. The highest BCUT2D eigenvalue weighted by Crippen LogP contribution is 2.35. The molecule has 10 nitrogen and oxygen atoms in total. The van der Waals surface area contributed by atoms with Gasteiger partial charge in [-0.15, -0.1) is 0 Å². The van der Waals surface area contributed by atoms with Crippen molar-refractivity contribution in [2.24, 2.45) is 5.92 Å². The fraction of sp³-hybridized carbons (Fsp3) is 0.417. The second-order valence-electron chi connectivity index (χ2n) is 12.2. The molecule has 46 heavy (non-hydrogen) atoms. The van der Waals surface area contributed by atoms with Crippen LogP contribution in [0.15, 0.2) is 72.8 Å². The van der Waals surface area contributed by atoms with Crippen LogP contribution in [-0.4, -0.2) is 71.5 Å². The molecule has 5 N–H and O–H groups in total. The number of nitrogens with one attached hydrogen (secondary N) is 2. The van der Waals surface area contributed by atoms with E-state index >= 15 is 0 Å². The van der Waals surface area contributed by atoms with Gasteiger partial charge in [-0.3, -0.25) is 19.3 Å². The number of rotatable bonds is 14. The lowest BCUT2D eigenvalue weighted by Gasteiger charge is -2.38. The van der Waals surface area contributed by atoms with Crippen LogP contribution in [0.4, 0.5) is 17.1 Å². The molecule has 0 unspecified atom stereocenters. The lowest BCUT2D eigenvalue weighted by molar-refractivity contribution is -0.116. The summed E-state index contributed by atoms with van der Waals surface area (Å²) in [5, 5.41) is 15.8. The fourth-order valence-corrected chi connectivity index (χ4v) is 5.61. The van der Waals surface area contributed by atoms with Gasteiger partial charge in [-0.25, -0.2) is 0 Å². The number of likely N-dealkylation sites (N-methyl/N-ethyl adjacent to an activating group) is 1. The van der Waals surface area contributed by atoms with Crippen LogP contribution in [0.25, 0.3) is 0 Å². The van der Waals surface area contributed by atoms with E-state index in [-0.39, 0.29) is 48.8 Å². The lowest BCUT2D eigenvalue weighted by atomic mass is 9.98. The topological polar surface area (TPSA) is 137 Å². The Morgan fingerprint density at radius 3 is 2.26 bits per heavy atom. The number of hydrogen-bond donors (Lipinski definition) is 4. The molecule has 1 aliphatic heterocycles. The minimum absolute atomic E-state index is 0.0522. The highest BCUT2D eigenvalue weighted by atomic mass is 16.5. The second kappa shape index (κ2) is 16.8. The number of nitrogen functional groups attached to an aromatic ring is 1. The molecule has 0 saturated heterocycles. The van der Waals surface area contributed by atoms with Crippen molar-refractivity contribution in [3.63, 3.8) is 0 Å². The van der Waals surface area contributed by atoms with Crippen molar-refractivity contribution in [2.75, 3.05) is 43.1 Å². The van der Waals surface area contributed by atoms with Gasteiger partial charge in [-0.05, 0) is 56.6 Å². The van der Waals surface area contributed by atoms with E-state index in [0.29, 0.717) is 67.1 Å². The molecule has 0 bridgehead atoms. The van der Waals surface area contributed by atoms with Crippen molar-refractivity contribution < 1.29 is 24.2 Å². The second-order valence-corrected chi connectivity index (χ2v) is 12.2. The summed E-state index contributed by atoms with van der Waals surface area (Å²) < 4.78 is 6.63. The molecular weight excluding hydrogens is 582 g/mol. The van der Waals surface area contributed by atoms with Crippen LogP contribution < -0.4 is 21.1 Å². The van der Waals surface area contributed by atoms with Gasteiger partial charge in [0.15, 0.2) is 5.75 Å². The van der Waals surface area contributed by atoms with Gasteiger partial charge < -0.3 is 31.1 Å². The minimum atomic E-state index is -0.381. The summed E-state index contributed by atoms with van der Waals surface area (Å²) >= 11 is 0. The molecule has 1 aliphatic rings. The molecule has 10 heteroatoms. The van der Waals surface area contributed by atoms with Gasteiger partial charge in [-0.2, -0.15) is 0 Å². The van der Waals surface area contributed by atoms with Crippen LogP contribution in [0.2, 0.25) is 0 Å². The molecule has 3 aromatic carbocycles. The monoisotopic (exact) mass is 629 g/mol. The number of fused-ring (bicyclic) bond motifs is 1. The fourth-order valence-electron chi connectivity index (χ4n) is 5.61. The van der Waals surface area contributed by atoms with Crippen LogP contribution in [0.1, 0.15) is 61.9 Å². The Bertz CT molecular complexity index is 1470. The van der Waals surface area contributed by atoms with Gasteiger partial charge >= 0.3 is 0 Å². The Kier molecular flexibility index (Phi) is 12.6. The first-order chi connectivity index (χ1) is 22.2. The van der Waals surface area contributed by atoms with Crippen molar-refractivity contribution in [3.05, 3.63) is 83.9 Å². The first kappa shape index (κ1) is 34.5. The summed E-state index contributed by atoms with van der Waals surface area (Å²) in [6.45, 7) is 5.47. The van der Waals surface area contributed by atoms with E-state index in [2.05, 4.69) is 27.7 Å². The molecule has 3 aromatic rings. The summed E-state index contributed by atoms with van der Waals surface area (Å²) in [6.07, 6.45) is 2.25.